The van der Waals surface area contributed by atoms with Crippen LogP contribution >= 0.6 is 0 Å². The molecule has 2 aromatic rings. The molecule has 4 rings (SSSR count). The van der Waals surface area contributed by atoms with Crippen LogP contribution in [0.15, 0.2) is 48.8 Å². The van der Waals surface area contributed by atoms with Gasteiger partial charge in [0.1, 0.15) is 12.4 Å². The lowest BCUT2D eigenvalue weighted by atomic mass is 10.2. The van der Waals surface area contributed by atoms with E-state index in [1.807, 2.05) is 30.5 Å². The minimum absolute atomic E-state index is 0.370. The van der Waals surface area contributed by atoms with Gasteiger partial charge in [-0.15, -0.1) is 0 Å². The first-order chi connectivity index (χ1) is 11.8. The van der Waals surface area contributed by atoms with Gasteiger partial charge in [0.25, 0.3) is 0 Å². The zero-order valence-electron chi connectivity index (χ0n) is 13.7. The summed E-state index contributed by atoms with van der Waals surface area (Å²) in [6.45, 7) is 4.59. The highest BCUT2D eigenvalue weighted by atomic mass is 16.7. The Morgan fingerprint density at radius 1 is 1.12 bits per heavy atom. The third-order valence-corrected chi connectivity index (χ3v) is 4.57. The normalized spacial score (nSPS) is 19.8. The molecule has 126 valence electrons. The van der Waals surface area contributed by atoms with Crippen molar-refractivity contribution in [1.82, 2.24) is 9.88 Å². The van der Waals surface area contributed by atoms with E-state index in [9.17, 15) is 0 Å². The standard InChI is InChI=1S/C19H22N2O3/c1-2-6-18(22-14-16-4-3-8-20-12-16)17(5-1)13-21-9-7-19(15-21)23-10-11-24-19/h1-6,8,12H,7,9-11,13-15H2. The van der Waals surface area contributed by atoms with Gasteiger partial charge in [-0.3, -0.25) is 9.88 Å². The van der Waals surface area contributed by atoms with E-state index in [0.29, 0.717) is 19.8 Å². The van der Waals surface area contributed by atoms with Crippen molar-refractivity contribution in [2.45, 2.75) is 25.4 Å². The summed E-state index contributed by atoms with van der Waals surface area (Å²) < 4.78 is 17.6. The van der Waals surface area contributed by atoms with Gasteiger partial charge >= 0.3 is 0 Å². The number of rotatable bonds is 5. The van der Waals surface area contributed by atoms with Gasteiger partial charge in [-0.1, -0.05) is 24.3 Å². The molecule has 24 heavy (non-hydrogen) atoms. The lowest BCUT2D eigenvalue weighted by molar-refractivity contribution is -0.145. The second kappa shape index (κ2) is 6.89. The Balaban J connectivity index is 1.40. The Bertz CT molecular complexity index is 671. The SMILES string of the molecule is c1cncc(COc2ccccc2CN2CCC3(C2)OCCO3)c1. The van der Waals surface area contributed by atoms with E-state index in [2.05, 4.69) is 22.0 Å². The molecule has 0 amide bonds. The second-order valence-corrected chi connectivity index (χ2v) is 6.33. The Hall–Kier alpha value is -1.95. The van der Waals surface area contributed by atoms with Crippen molar-refractivity contribution in [3.05, 3.63) is 59.9 Å². The maximum absolute atomic E-state index is 6.02. The highest BCUT2D eigenvalue weighted by Crippen LogP contribution is 2.32. The molecule has 2 aliphatic rings. The monoisotopic (exact) mass is 326 g/mol. The maximum atomic E-state index is 6.02. The lowest BCUT2D eigenvalue weighted by Gasteiger charge is -2.23. The fourth-order valence-corrected chi connectivity index (χ4v) is 3.36. The molecule has 2 aliphatic heterocycles. The zero-order chi connectivity index (χ0) is 16.2. The van der Waals surface area contributed by atoms with Gasteiger partial charge in [0.2, 0.25) is 0 Å². The minimum Gasteiger partial charge on any atom is -0.489 e. The third kappa shape index (κ3) is 3.43. The number of para-hydroxylation sites is 1. The van der Waals surface area contributed by atoms with Crippen molar-refractivity contribution in [2.75, 3.05) is 26.3 Å². The molecule has 2 saturated heterocycles. The van der Waals surface area contributed by atoms with Crippen LogP contribution in [0, 0.1) is 0 Å². The maximum Gasteiger partial charge on any atom is 0.182 e. The highest BCUT2D eigenvalue weighted by molar-refractivity contribution is 5.33. The molecule has 0 N–H and O–H groups in total. The molecule has 3 heterocycles. The molecule has 0 bridgehead atoms. The molecule has 1 aromatic carbocycles. The number of benzene rings is 1. The van der Waals surface area contributed by atoms with Gasteiger partial charge in [0.15, 0.2) is 5.79 Å². The molecular weight excluding hydrogens is 304 g/mol. The van der Waals surface area contributed by atoms with Crippen molar-refractivity contribution in [2.24, 2.45) is 0 Å². The second-order valence-electron chi connectivity index (χ2n) is 6.33. The van der Waals surface area contributed by atoms with Gasteiger partial charge in [-0.05, 0) is 12.1 Å². The van der Waals surface area contributed by atoms with Gasteiger partial charge < -0.3 is 14.2 Å². The molecule has 0 saturated carbocycles. The predicted molar refractivity (Wildman–Crippen MR) is 89.5 cm³/mol. The van der Waals surface area contributed by atoms with Gasteiger partial charge in [-0.25, -0.2) is 0 Å². The van der Waals surface area contributed by atoms with E-state index in [4.69, 9.17) is 14.2 Å². The van der Waals surface area contributed by atoms with E-state index in [1.165, 1.54) is 5.56 Å². The van der Waals surface area contributed by atoms with Crippen molar-refractivity contribution >= 4 is 0 Å². The lowest BCUT2D eigenvalue weighted by Crippen LogP contribution is -2.34. The fraction of sp³-hybridized carbons (Fsp3) is 0.421. The molecule has 1 spiro atoms. The molecule has 5 nitrogen and oxygen atoms in total. The number of likely N-dealkylation sites (tertiary alicyclic amines) is 1. The number of hydrogen-bond donors (Lipinski definition) is 0. The van der Waals surface area contributed by atoms with E-state index in [-0.39, 0.29) is 5.79 Å². The topological polar surface area (TPSA) is 43.8 Å². The van der Waals surface area contributed by atoms with E-state index >= 15 is 0 Å². The van der Waals surface area contributed by atoms with Crippen LogP contribution in [-0.2, 0) is 22.6 Å². The first-order valence-electron chi connectivity index (χ1n) is 8.43. The van der Waals surface area contributed by atoms with Crippen molar-refractivity contribution in [1.29, 1.82) is 0 Å². The third-order valence-electron chi connectivity index (χ3n) is 4.57. The molecule has 0 radical (unpaired) electrons. The summed E-state index contributed by atoms with van der Waals surface area (Å²) in [5.41, 5.74) is 2.26. The highest BCUT2D eigenvalue weighted by Gasteiger charge is 2.43. The number of aromatic nitrogens is 1. The smallest absolute Gasteiger partial charge is 0.182 e. The van der Waals surface area contributed by atoms with Crippen molar-refractivity contribution in [3.63, 3.8) is 0 Å². The Labute approximate surface area is 142 Å². The van der Waals surface area contributed by atoms with Gasteiger partial charge in [-0.2, -0.15) is 0 Å². The molecule has 0 unspecified atom stereocenters. The molecule has 2 fully saturated rings. The zero-order valence-corrected chi connectivity index (χ0v) is 13.7. The van der Waals surface area contributed by atoms with Crippen molar-refractivity contribution < 1.29 is 14.2 Å². The fourth-order valence-electron chi connectivity index (χ4n) is 3.36. The summed E-state index contributed by atoms with van der Waals surface area (Å²) in [4.78, 5) is 6.50. The van der Waals surface area contributed by atoms with Crippen LogP contribution < -0.4 is 4.74 Å². The number of pyridine rings is 1. The Kier molecular flexibility index (Phi) is 4.47. The number of ether oxygens (including phenoxy) is 3. The van der Waals surface area contributed by atoms with E-state index in [1.54, 1.807) is 6.20 Å². The number of nitrogens with zero attached hydrogens (tertiary/aromatic N) is 2. The molecule has 5 heteroatoms. The molecular formula is C19H22N2O3. The van der Waals surface area contributed by atoms with Crippen LogP contribution in [0.3, 0.4) is 0 Å². The van der Waals surface area contributed by atoms with Crippen LogP contribution in [0.1, 0.15) is 17.5 Å². The summed E-state index contributed by atoms with van der Waals surface area (Å²) in [7, 11) is 0. The van der Waals surface area contributed by atoms with Crippen LogP contribution in [0.25, 0.3) is 0 Å². The van der Waals surface area contributed by atoms with E-state index in [0.717, 1.165) is 37.4 Å². The van der Waals surface area contributed by atoms with Crippen LogP contribution in [0.4, 0.5) is 0 Å². The summed E-state index contributed by atoms with van der Waals surface area (Å²) in [5.74, 6) is 0.557. The average molecular weight is 326 g/mol. The molecule has 0 atom stereocenters. The van der Waals surface area contributed by atoms with E-state index < -0.39 is 0 Å². The summed E-state index contributed by atoms with van der Waals surface area (Å²) in [6, 6.07) is 12.2. The minimum atomic E-state index is -0.370. The summed E-state index contributed by atoms with van der Waals surface area (Å²) in [6.07, 6.45) is 4.54. The predicted octanol–water partition coefficient (Wildman–Crippen LogP) is 2.61. The summed E-state index contributed by atoms with van der Waals surface area (Å²) in [5, 5.41) is 0. The molecule has 1 aromatic heterocycles. The van der Waals surface area contributed by atoms with Crippen LogP contribution in [0.5, 0.6) is 5.75 Å². The molecule has 0 aliphatic carbocycles. The summed E-state index contributed by atoms with van der Waals surface area (Å²) >= 11 is 0. The van der Waals surface area contributed by atoms with Gasteiger partial charge in [0, 0.05) is 43.0 Å². The van der Waals surface area contributed by atoms with Crippen molar-refractivity contribution in [3.8, 4) is 5.75 Å². The van der Waals surface area contributed by atoms with Crippen LogP contribution in [-0.4, -0.2) is 42.0 Å². The van der Waals surface area contributed by atoms with Crippen LogP contribution in [0.2, 0.25) is 0 Å². The Morgan fingerprint density at radius 3 is 2.83 bits per heavy atom. The Morgan fingerprint density at radius 2 is 2.00 bits per heavy atom. The quantitative estimate of drug-likeness (QED) is 0.845. The number of hydrogen-bond acceptors (Lipinski definition) is 5. The first kappa shape index (κ1) is 15.6. The average Bonchev–Trinajstić information content (AvgIpc) is 3.25. The first-order valence-corrected chi connectivity index (χ1v) is 8.43. The van der Waals surface area contributed by atoms with Gasteiger partial charge in [0.05, 0.1) is 19.8 Å². The largest absolute Gasteiger partial charge is 0.489 e.